The van der Waals surface area contributed by atoms with Crippen LogP contribution in [-0.4, -0.2) is 15.8 Å². The first-order chi connectivity index (χ1) is 7.71. The highest BCUT2D eigenvalue weighted by molar-refractivity contribution is 9.10. The summed E-state index contributed by atoms with van der Waals surface area (Å²) in [6, 6.07) is 1.90. The molecule has 0 spiro atoms. The number of alkyl halides is 3. The fourth-order valence-electron chi connectivity index (χ4n) is 1.69. The zero-order valence-electron chi connectivity index (χ0n) is 8.68. The van der Waals surface area contributed by atoms with Crippen LogP contribution in [0.4, 0.5) is 13.2 Å². The summed E-state index contributed by atoms with van der Waals surface area (Å²) in [4.78, 5) is 0. The smallest absolute Gasteiger partial charge is 0.416 e. The molecule has 1 aromatic rings. The molecule has 1 aromatic carbocycles. The number of halogens is 4. The molecule has 6 heteroatoms. The van der Waals surface area contributed by atoms with Gasteiger partial charge in [-0.05, 0) is 46.5 Å². The van der Waals surface area contributed by atoms with Crippen molar-refractivity contribution in [2.24, 2.45) is 0 Å². The standard InChI is InChI=1S/C11H10BrF3O2/c12-8-3-6(5-10(17)1-2-10)7(4-9(8)16)11(13,14)15/h3-4,16-17H,1-2,5H2. The third-order valence-electron chi connectivity index (χ3n) is 2.82. The van der Waals surface area contributed by atoms with Gasteiger partial charge in [-0.2, -0.15) is 13.2 Å². The summed E-state index contributed by atoms with van der Waals surface area (Å²) in [5.74, 6) is -0.455. The maximum atomic E-state index is 12.7. The Morgan fingerprint density at radius 2 is 1.88 bits per heavy atom. The minimum absolute atomic E-state index is 0.00201. The molecule has 0 heterocycles. The Bertz CT molecular complexity index is 453. The molecule has 2 nitrogen and oxygen atoms in total. The van der Waals surface area contributed by atoms with Gasteiger partial charge < -0.3 is 10.2 Å². The van der Waals surface area contributed by atoms with Gasteiger partial charge in [0.15, 0.2) is 0 Å². The highest BCUT2D eigenvalue weighted by Gasteiger charge is 2.43. The number of phenols is 1. The lowest BCUT2D eigenvalue weighted by Gasteiger charge is -2.16. The van der Waals surface area contributed by atoms with E-state index in [1.165, 1.54) is 6.07 Å². The molecule has 0 unspecified atom stereocenters. The van der Waals surface area contributed by atoms with Crippen LogP contribution in [0.5, 0.6) is 5.75 Å². The molecule has 0 saturated heterocycles. The van der Waals surface area contributed by atoms with E-state index in [2.05, 4.69) is 15.9 Å². The summed E-state index contributed by atoms with van der Waals surface area (Å²) in [5.41, 5.74) is -1.89. The lowest BCUT2D eigenvalue weighted by Crippen LogP contribution is -2.16. The van der Waals surface area contributed by atoms with Gasteiger partial charge >= 0.3 is 6.18 Å². The fourth-order valence-corrected chi connectivity index (χ4v) is 2.08. The lowest BCUT2D eigenvalue weighted by atomic mass is 9.99. The van der Waals surface area contributed by atoms with Crippen LogP contribution in [0.15, 0.2) is 16.6 Å². The van der Waals surface area contributed by atoms with Gasteiger partial charge in [0.05, 0.1) is 15.6 Å². The number of aromatic hydroxyl groups is 1. The van der Waals surface area contributed by atoms with Crippen LogP contribution in [0.3, 0.4) is 0 Å². The van der Waals surface area contributed by atoms with Gasteiger partial charge in [-0.25, -0.2) is 0 Å². The van der Waals surface area contributed by atoms with E-state index in [1.54, 1.807) is 0 Å². The number of hydrogen-bond donors (Lipinski definition) is 2. The van der Waals surface area contributed by atoms with Crippen molar-refractivity contribution >= 4 is 15.9 Å². The van der Waals surface area contributed by atoms with Crippen molar-refractivity contribution in [3.05, 3.63) is 27.7 Å². The maximum absolute atomic E-state index is 12.7. The van der Waals surface area contributed by atoms with Gasteiger partial charge in [-0.1, -0.05) is 0 Å². The van der Waals surface area contributed by atoms with Gasteiger partial charge in [0.25, 0.3) is 0 Å². The summed E-state index contributed by atoms with van der Waals surface area (Å²) in [5, 5.41) is 19.0. The minimum Gasteiger partial charge on any atom is -0.507 e. The molecule has 0 amide bonds. The largest absolute Gasteiger partial charge is 0.507 e. The molecule has 0 atom stereocenters. The van der Waals surface area contributed by atoms with E-state index in [0.717, 1.165) is 0 Å². The van der Waals surface area contributed by atoms with Crippen LogP contribution < -0.4 is 0 Å². The van der Waals surface area contributed by atoms with E-state index in [0.29, 0.717) is 18.9 Å². The second-order valence-corrected chi connectivity index (χ2v) is 5.21. The molecule has 2 N–H and O–H groups in total. The Labute approximate surface area is 104 Å². The second-order valence-electron chi connectivity index (χ2n) is 4.36. The number of phenolic OH excluding ortho intramolecular Hbond substituents is 1. The van der Waals surface area contributed by atoms with Crippen molar-refractivity contribution in [2.75, 3.05) is 0 Å². The number of aliphatic hydroxyl groups is 1. The Kier molecular flexibility index (Phi) is 2.90. The van der Waals surface area contributed by atoms with Gasteiger partial charge in [0, 0.05) is 6.42 Å². The predicted molar refractivity (Wildman–Crippen MR) is 58.7 cm³/mol. The molecule has 1 saturated carbocycles. The monoisotopic (exact) mass is 310 g/mol. The highest BCUT2D eigenvalue weighted by atomic mass is 79.9. The minimum atomic E-state index is -4.53. The van der Waals surface area contributed by atoms with Crippen LogP contribution in [0.2, 0.25) is 0 Å². The first kappa shape index (κ1) is 12.7. The second kappa shape index (κ2) is 3.88. The zero-order chi connectivity index (χ0) is 12.8. The Morgan fingerprint density at radius 3 is 2.35 bits per heavy atom. The normalized spacial score (nSPS) is 18.2. The first-order valence-corrected chi connectivity index (χ1v) is 5.82. The lowest BCUT2D eigenvalue weighted by molar-refractivity contribution is -0.138. The number of hydrogen-bond acceptors (Lipinski definition) is 2. The van der Waals surface area contributed by atoms with Crippen molar-refractivity contribution in [2.45, 2.75) is 31.0 Å². The molecule has 94 valence electrons. The van der Waals surface area contributed by atoms with Gasteiger partial charge in [-0.3, -0.25) is 0 Å². The highest BCUT2D eigenvalue weighted by Crippen LogP contribution is 2.43. The molecule has 0 aromatic heterocycles. The average molecular weight is 311 g/mol. The molecule has 1 aliphatic rings. The van der Waals surface area contributed by atoms with E-state index in [9.17, 15) is 23.4 Å². The first-order valence-electron chi connectivity index (χ1n) is 5.02. The number of benzene rings is 1. The van der Waals surface area contributed by atoms with Crippen LogP contribution in [0, 0.1) is 0 Å². The Morgan fingerprint density at radius 1 is 1.29 bits per heavy atom. The van der Waals surface area contributed by atoms with E-state index >= 15 is 0 Å². The average Bonchev–Trinajstić information content (AvgIpc) is 2.88. The Hall–Kier alpha value is -0.750. The predicted octanol–water partition coefficient (Wildman–Crippen LogP) is 3.24. The van der Waals surface area contributed by atoms with E-state index in [1.807, 2.05) is 0 Å². The Balaban J connectivity index is 2.44. The van der Waals surface area contributed by atoms with Gasteiger partial charge in [0.1, 0.15) is 5.75 Å². The van der Waals surface area contributed by atoms with Crippen molar-refractivity contribution in [3.63, 3.8) is 0 Å². The fraction of sp³-hybridized carbons (Fsp3) is 0.455. The molecular formula is C11H10BrF3O2. The zero-order valence-corrected chi connectivity index (χ0v) is 10.3. The van der Waals surface area contributed by atoms with Crippen LogP contribution in [0.25, 0.3) is 0 Å². The van der Waals surface area contributed by atoms with E-state index < -0.39 is 23.1 Å². The van der Waals surface area contributed by atoms with E-state index in [4.69, 9.17) is 0 Å². The third-order valence-corrected chi connectivity index (χ3v) is 3.46. The SMILES string of the molecule is Oc1cc(C(F)(F)F)c(CC2(O)CC2)cc1Br. The van der Waals surface area contributed by atoms with Crippen molar-refractivity contribution in [1.82, 2.24) is 0 Å². The topological polar surface area (TPSA) is 40.5 Å². The molecule has 2 rings (SSSR count). The van der Waals surface area contributed by atoms with Crippen molar-refractivity contribution in [3.8, 4) is 5.75 Å². The maximum Gasteiger partial charge on any atom is 0.416 e. The van der Waals surface area contributed by atoms with Gasteiger partial charge in [-0.15, -0.1) is 0 Å². The summed E-state index contributed by atoms with van der Waals surface area (Å²) in [6.07, 6.45) is -3.54. The van der Waals surface area contributed by atoms with Crippen LogP contribution in [-0.2, 0) is 12.6 Å². The molecular weight excluding hydrogens is 301 g/mol. The van der Waals surface area contributed by atoms with Gasteiger partial charge in [0.2, 0.25) is 0 Å². The summed E-state index contributed by atoms with van der Waals surface area (Å²) >= 11 is 2.98. The number of rotatable bonds is 2. The molecule has 0 radical (unpaired) electrons. The molecule has 1 fully saturated rings. The summed E-state index contributed by atoms with van der Waals surface area (Å²) < 4.78 is 38.4. The van der Waals surface area contributed by atoms with E-state index in [-0.39, 0.29) is 16.5 Å². The summed E-state index contributed by atoms with van der Waals surface area (Å²) in [7, 11) is 0. The van der Waals surface area contributed by atoms with Crippen LogP contribution in [0.1, 0.15) is 24.0 Å². The van der Waals surface area contributed by atoms with Crippen molar-refractivity contribution < 1.29 is 23.4 Å². The third kappa shape index (κ3) is 2.74. The molecule has 1 aliphatic carbocycles. The molecule has 17 heavy (non-hydrogen) atoms. The summed E-state index contributed by atoms with van der Waals surface area (Å²) in [6.45, 7) is 0. The quantitative estimate of drug-likeness (QED) is 0.880. The molecule has 0 aliphatic heterocycles. The van der Waals surface area contributed by atoms with Crippen LogP contribution >= 0.6 is 15.9 Å². The molecule has 0 bridgehead atoms. The van der Waals surface area contributed by atoms with Crippen molar-refractivity contribution in [1.29, 1.82) is 0 Å².